The van der Waals surface area contributed by atoms with Gasteiger partial charge in [-0.2, -0.15) is 0 Å². The Labute approximate surface area is 116 Å². The number of anilines is 2. The molecule has 1 heterocycles. The van der Waals surface area contributed by atoms with Crippen LogP contribution in [-0.2, 0) is 0 Å². The Kier molecular flexibility index (Phi) is 4.12. The molecule has 0 radical (unpaired) electrons. The van der Waals surface area contributed by atoms with Crippen molar-refractivity contribution in [3.05, 3.63) is 16.2 Å². The number of pyridine rings is 1. The van der Waals surface area contributed by atoms with Crippen LogP contribution in [0.3, 0.4) is 0 Å². The van der Waals surface area contributed by atoms with E-state index in [2.05, 4.69) is 26.2 Å². The average molecular weight is 314 g/mol. The third kappa shape index (κ3) is 2.62. The summed E-state index contributed by atoms with van der Waals surface area (Å²) in [5.41, 5.74) is 7.25. The molecule has 1 aliphatic rings. The second kappa shape index (κ2) is 5.45. The summed E-state index contributed by atoms with van der Waals surface area (Å²) in [5.74, 6) is 0.776. The van der Waals surface area contributed by atoms with Gasteiger partial charge in [0.15, 0.2) is 0 Å². The Balaban J connectivity index is 2.24. The maximum atomic E-state index is 9.69. The van der Waals surface area contributed by atoms with Gasteiger partial charge in [0.05, 0.1) is 28.5 Å². The minimum atomic E-state index is -0.226. The number of nitrogens with one attached hydrogen (secondary N) is 1. The highest BCUT2D eigenvalue weighted by Crippen LogP contribution is 2.35. The van der Waals surface area contributed by atoms with Gasteiger partial charge >= 0.3 is 0 Å². The molecular formula is C13H20BrN3O. The first-order valence-corrected chi connectivity index (χ1v) is 7.17. The van der Waals surface area contributed by atoms with Crippen LogP contribution in [0.4, 0.5) is 11.5 Å². The summed E-state index contributed by atoms with van der Waals surface area (Å²) in [5, 5.41) is 13.1. The number of hydrogen-bond acceptors (Lipinski definition) is 4. The van der Waals surface area contributed by atoms with E-state index in [-0.39, 0.29) is 12.1 Å². The van der Waals surface area contributed by atoms with Crippen LogP contribution in [-0.4, -0.2) is 22.2 Å². The Morgan fingerprint density at radius 1 is 1.44 bits per heavy atom. The lowest BCUT2D eigenvalue weighted by atomic mass is 9.82. The summed E-state index contributed by atoms with van der Waals surface area (Å²) in [6.07, 6.45) is 7.19. The third-order valence-electron chi connectivity index (χ3n) is 3.80. The molecule has 1 aromatic heterocycles. The van der Waals surface area contributed by atoms with Crippen LogP contribution < -0.4 is 11.1 Å². The van der Waals surface area contributed by atoms with Crippen molar-refractivity contribution in [1.82, 2.24) is 4.98 Å². The average Bonchev–Trinajstić information content (AvgIpc) is 2.41. The van der Waals surface area contributed by atoms with E-state index in [1.807, 2.05) is 6.92 Å². The maximum Gasteiger partial charge on any atom is 0.141 e. The van der Waals surface area contributed by atoms with E-state index in [0.717, 1.165) is 41.5 Å². The van der Waals surface area contributed by atoms with E-state index in [0.29, 0.717) is 5.69 Å². The van der Waals surface area contributed by atoms with E-state index in [9.17, 15) is 5.11 Å². The number of nitrogens with two attached hydrogens (primary N) is 1. The summed E-state index contributed by atoms with van der Waals surface area (Å²) in [7, 11) is 0. The zero-order valence-corrected chi connectivity index (χ0v) is 12.3. The van der Waals surface area contributed by atoms with Crippen molar-refractivity contribution < 1.29 is 5.11 Å². The van der Waals surface area contributed by atoms with Gasteiger partial charge in [-0.05, 0) is 41.3 Å². The topological polar surface area (TPSA) is 71.2 Å². The highest BCUT2D eigenvalue weighted by Gasteiger charge is 2.32. The lowest BCUT2D eigenvalue weighted by Gasteiger charge is -2.37. The Morgan fingerprint density at radius 3 is 2.72 bits per heavy atom. The minimum Gasteiger partial charge on any atom is -0.397 e. The zero-order valence-electron chi connectivity index (χ0n) is 10.7. The molecule has 1 aromatic rings. The molecule has 18 heavy (non-hydrogen) atoms. The molecule has 0 atom stereocenters. The van der Waals surface area contributed by atoms with Crippen LogP contribution in [0.1, 0.15) is 37.7 Å². The lowest BCUT2D eigenvalue weighted by molar-refractivity contribution is 0.172. The highest BCUT2D eigenvalue weighted by molar-refractivity contribution is 9.10. The Hall–Kier alpha value is -0.810. The second-order valence-electron chi connectivity index (χ2n) is 5.13. The standard InChI is InChI=1S/C13H20BrN3O/c1-9-10(15)7-16-12(11(9)14)17-13(8-18)5-3-2-4-6-13/h7,18H,2-6,8,15H2,1H3,(H,16,17). The first kappa shape index (κ1) is 13.6. The van der Waals surface area contributed by atoms with Gasteiger partial charge in [-0.25, -0.2) is 4.98 Å². The van der Waals surface area contributed by atoms with Gasteiger partial charge in [0, 0.05) is 0 Å². The number of halogens is 1. The predicted molar refractivity (Wildman–Crippen MR) is 77.6 cm³/mol. The third-order valence-corrected chi connectivity index (χ3v) is 4.77. The first-order chi connectivity index (χ1) is 8.58. The molecule has 4 nitrogen and oxygen atoms in total. The SMILES string of the molecule is Cc1c(N)cnc(NC2(CO)CCCCC2)c1Br. The highest BCUT2D eigenvalue weighted by atomic mass is 79.9. The summed E-state index contributed by atoms with van der Waals surface area (Å²) in [4.78, 5) is 4.33. The minimum absolute atomic E-state index is 0.143. The second-order valence-corrected chi connectivity index (χ2v) is 5.92. The van der Waals surface area contributed by atoms with Gasteiger partial charge < -0.3 is 16.2 Å². The number of aliphatic hydroxyl groups is 1. The molecule has 2 rings (SSSR count). The monoisotopic (exact) mass is 313 g/mol. The fourth-order valence-electron chi connectivity index (χ4n) is 2.48. The van der Waals surface area contributed by atoms with Crippen LogP contribution in [0.15, 0.2) is 10.7 Å². The van der Waals surface area contributed by atoms with Crippen molar-refractivity contribution in [1.29, 1.82) is 0 Å². The van der Waals surface area contributed by atoms with E-state index < -0.39 is 0 Å². The smallest absolute Gasteiger partial charge is 0.141 e. The van der Waals surface area contributed by atoms with Crippen molar-refractivity contribution >= 4 is 27.4 Å². The molecule has 1 saturated carbocycles. The quantitative estimate of drug-likeness (QED) is 0.802. The van der Waals surface area contributed by atoms with Crippen LogP contribution in [0.5, 0.6) is 0 Å². The normalized spacial score (nSPS) is 18.6. The summed E-state index contributed by atoms with van der Waals surface area (Å²) < 4.78 is 0.890. The lowest BCUT2D eigenvalue weighted by Crippen LogP contribution is -2.44. The largest absolute Gasteiger partial charge is 0.397 e. The first-order valence-electron chi connectivity index (χ1n) is 6.38. The van der Waals surface area contributed by atoms with Gasteiger partial charge in [0.2, 0.25) is 0 Å². The van der Waals surface area contributed by atoms with Crippen molar-refractivity contribution in [2.24, 2.45) is 0 Å². The van der Waals surface area contributed by atoms with Gasteiger partial charge in [0.1, 0.15) is 5.82 Å². The molecule has 100 valence electrons. The van der Waals surface area contributed by atoms with Crippen LogP contribution in [0, 0.1) is 6.92 Å². The molecule has 0 amide bonds. The predicted octanol–water partition coefficient (Wildman–Crippen LogP) is 2.84. The van der Waals surface area contributed by atoms with Gasteiger partial charge in [-0.15, -0.1) is 0 Å². The fourth-order valence-corrected chi connectivity index (χ4v) is 2.91. The summed E-state index contributed by atoms with van der Waals surface area (Å²) >= 11 is 3.52. The molecule has 1 aliphatic carbocycles. The molecule has 0 spiro atoms. The van der Waals surface area contributed by atoms with E-state index >= 15 is 0 Å². The number of aliphatic hydroxyl groups excluding tert-OH is 1. The zero-order chi connectivity index (χ0) is 13.2. The van der Waals surface area contributed by atoms with Crippen molar-refractivity contribution in [3.63, 3.8) is 0 Å². The molecular weight excluding hydrogens is 294 g/mol. The maximum absolute atomic E-state index is 9.69. The molecule has 5 heteroatoms. The van der Waals surface area contributed by atoms with Crippen molar-refractivity contribution in [2.45, 2.75) is 44.6 Å². The van der Waals surface area contributed by atoms with Crippen LogP contribution in [0.2, 0.25) is 0 Å². The molecule has 0 aliphatic heterocycles. The molecule has 0 saturated heterocycles. The van der Waals surface area contributed by atoms with Gasteiger partial charge in [0.25, 0.3) is 0 Å². The van der Waals surface area contributed by atoms with E-state index in [1.165, 1.54) is 6.42 Å². The molecule has 4 N–H and O–H groups in total. The number of rotatable bonds is 3. The van der Waals surface area contributed by atoms with Crippen LogP contribution in [0.25, 0.3) is 0 Å². The van der Waals surface area contributed by atoms with E-state index in [4.69, 9.17) is 5.73 Å². The Morgan fingerprint density at radius 2 is 2.11 bits per heavy atom. The van der Waals surface area contributed by atoms with Crippen LogP contribution >= 0.6 is 15.9 Å². The van der Waals surface area contributed by atoms with E-state index in [1.54, 1.807) is 6.20 Å². The van der Waals surface area contributed by atoms with Gasteiger partial charge in [-0.3, -0.25) is 0 Å². The number of nitrogens with zero attached hydrogens (tertiary/aromatic N) is 1. The van der Waals surface area contributed by atoms with Gasteiger partial charge in [-0.1, -0.05) is 19.3 Å². The van der Waals surface area contributed by atoms with Crippen molar-refractivity contribution in [3.8, 4) is 0 Å². The number of hydrogen-bond donors (Lipinski definition) is 3. The molecule has 0 unspecified atom stereocenters. The molecule has 0 aromatic carbocycles. The molecule has 1 fully saturated rings. The molecule has 0 bridgehead atoms. The Bertz CT molecular complexity index is 430. The summed E-state index contributed by atoms with van der Waals surface area (Å²) in [6, 6.07) is 0. The fraction of sp³-hybridized carbons (Fsp3) is 0.615. The van der Waals surface area contributed by atoms with Crippen molar-refractivity contribution in [2.75, 3.05) is 17.7 Å². The number of aromatic nitrogens is 1. The number of nitrogen functional groups attached to an aromatic ring is 1. The summed E-state index contributed by atoms with van der Waals surface area (Å²) in [6.45, 7) is 2.10.